The summed E-state index contributed by atoms with van der Waals surface area (Å²) in [6.07, 6.45) is -13.5. The Bertz CT molecular complexity index is 863. The number of hydrogen-bond donors (Lipinski definition) is 6. The minimum Gasteiger partial charge on any atom is -0.497 e. The van der Waals surface area contributed by atoms with Gasteiger partial charge >= 0.3 is 5.97 Å². The smallest absolute Gasteiger partial charge is 0.342 e. The number of cyclic esters (lactones) is 1. The largest absolute Gasteiger partial charge is 0.497 e. The SMILES string of the molecule is COc1cc2c(c(O[C@@H]3O[C@H](CO[C@@H]4OC[C@@H](O)[C@H](O)[C@H]4O)[C@@H](O)[C@H](O)[C@H]3O)c1)C(=O)OC2. The van der Waals surface area contributed by atoms with E-state index >= 15 is 0 Å². The van der Waals surface area contributed by atoms with Crippen LogP contribution in [0.2, 0.25) is 0 Å². The molecule has 33 heavy (non-hydrogen) atoms. The molecule has 3 aliphatic heterocycles. The number of benzene rings is 1. The summed E-state index contributed by atoms with van der Waals surface area (Å²) < 4.78 is 31.9. The molecular formula is C20H26O13. The fourth-order valence-corrected chi connectivity index (χ4v) is 3.81. The fraction of sp³-hybridized carbons (Fsp3) is 0.650. The zero-order valence-electron chi connectivity index (χ0n) is 17.5. The first-order valence-corrected chi connectivity index (χ1v) is 10.2. The van der Waals surface area contributed by atoms with Gasteiger partial charge in [0.25, 0.3) is 0 Å². The normalized spacial score (nSPS) is 38.5. The molecular weight excluding hydrogens is 448 g/mol. The van der Waals surface area contributed by atoms with Gasteiger partial charge in [-0.15, -0.1) is 0 Å². The minimum absolute atomic E-state index is 0.0118. The van der Waals surface area contributed by atoms with Gasteiger partial charge in [-0.25, -0.2) is 4.79 Å². The number of methoxy groups -OCH3 is 1. The molecule has 3 heterocycles. The topological polar surface area (TPSA) is 194 Å². The molecule has 13 nitrogen and oxygen atoms in total. The first-order chi connectivity index (χ1) is 15.7. The second-order valence-electron chi connectivity index (χ2n) is 7.95. The van der Waals surface area contributed by atoms with Gasteiger partial charge in [0.05, 0.1) is 20.3 Å². The van der Waals surface area contributed by atoms with Crippen LogP contribution < -0.4 is 9.47 Å². The van der Waals surface area contributed by atoms with E-state index in [1.54, 1.807) is 6.07 Å². The van der Waals surface area contributed by atoms with Crippen molar-refractivity contribution in [2.75, 3.05) is 20.3 Å². The molecule has 0 bridgehead atoms. The molecule has 0 radical (unpaired) electrons. The molecule has 0 aliphatic carbocycles. The van der Waals surface area contributed by atoms with E-state index in [1.807, 2.05) is 0 Å². The van der Waals surface area contributed by atoms with Crippen LogP contribution in [-0.2, 0) is 25.6 Å². The molecule has 184 valence electrons. The van der Waals surface area contributed by atoms with Crippen LogP contribution in [0.1, 0.15) is 15.9 Å². The minimum atomic E-state index is -1.70. The van der Waals surface area contributed by atoms with Gasteiger partial charge in [-0.3, -0.25) is 0 Å². The third-order valence-corrected chi connectivity index (χ3v) is 5.75. The van der Waals surface area contributed by atoms with Crippen molar-refractivity contribution in [1.82, 2.24) is 0 Å². The first kappa shape index (κ1) is 24.1. The number of esters is 1. The summed E-state index contributed by atoms with van der Waals surface area (Å²) in [6, 6.07) is 2.99. The number of carbonyl (C=O) groups is 1. The second-order valence-corrected chi connectivity index (χ2v) is 7.95. The Labute approximate surface area is 187 Å². The number of aliphatic hydroxyl groups is 6. The summed E-state index contributed by atoms with van der Waals surface area (Å²) in [5.41, 5.74) is 0.621. The fourth-order valence-electron chi connectivity index (χ4n) is 3.81. The summed E-state index contributed by atoms with van der Waals surface area (Å²) >= 11 is 0. The van der Waals surface area contributed by atoms with Crippen molar-refractivity contribution in [2.45, 2.75) is 61.9 Å². The number of fused-ring (bicyclic) bond motifs is 1. The summed E-state index contributed by atoms with van der Waals surface area (Å²) in [6.45, 7) is -0.716. The number of aliphatic hydroxyl groups excluding tert-OH is 6. The van der Waals surface area contributed by atoms with E-state index in [2.05, 4.69) is 0 Å². The maximum atomic E-state index is 12.1. The van der Waals surface area contributed by atoms with Gasteiger partial charge in [0.2, 0.25) is 6.29 Å². The molecule has 0 amide bonds. The maximum absolute atomic E-state index is 12.1. The Morgan fingerprint density at radius 3 is 2.42 bits per heavy atom. The highest BCUT2D eigenvalue weighted by molar-refractivity contribution is 5.96. The van der Waals surface area contributed by atoms with E-state index < -0.39 is 67.9 Å². The Hall–Kier alpha value is -2.07. The lowest BCUT2D eigenvalue weighted by molar-refractivity contribution is -0.307. The molecule has 9 atom stereocenters. The first-order valence-electron chi connectivity index (χ1n) is 10.2. The van der Waals surface area contributed by atoms with Crippen LogP contribution in [0.15, 0.2) is 12.1 Å². The van der Waals surface area contributed by atoms with Crippen molar-refractivity contribution in [3.05, 3.63) is 23.3 Å². The predicted molar refractivity (Wildman–Crippen MR) is 103 cm³/mol. The van der Waals surface area contributed by atoms with Crippen LogP contribution >= 0.6 is 0 Å². The van der Waals surface area contributed by atoms with Crippen LogP contribution in [0.4, 0.5) is 0 Å². The molecule has 4 rings (SSSR count). The van der Waals surface area contributed by atoms with Gasteiger partial charge in [0.15, 0.2) is 6.29 Å². The van der Waals surface area contributed by atoms with E-state index in [9.17, 15) is 35.4 Å². The van der Waals surface area contributed by atoms with Gasteiger partial charge in [-0.1, -0.05) is 0 Å². The van der Waals surface area contributed by atoms with E-state index in [0.29, 0.717) is 11.3 Å². The summed E-state index contributed by atoms with van der Waals surface area (Å²) in [7, 11) is 1.42. The van der Waals surface area contributed by atoms with E-state index in [-0.39, 0.29) is 24.5 Å². The molecule has 0 unspecified atom stereocenters. The Balaban J connectivity index is 1.48. The van der Waals surface area contributed by atoms with Crippen molar-refractivity contribution < 1.29 is 63.9 Å². The molecule has 1 aromatic carbocycles. The Morgan fingerprint density at radius 1 is 0.970 bits per heavy atom. The zero-order valence-corrected chi connectivity index (χ0v) is 17.5. The maximum Gasteiger partial charge on any atom is 0.342 e. The number of ether oxygens (including phenoxy) is 6. The highest BCUT2D eigenvalue weighted by atomic mass is 16.7. The van der Waals surface area contributed by atoms with Crippen molar-refractivity contribution >= 4 is 5.97 Å². The van der Waals surface area contributed by atoms with Crippen LogP contribution in [0.5, 0.6) is 11.5 Å². The van der Waals surface area contributed by atoms with Crippen molar-refractivity contribution in [3.63, 3.8) is 0 Å². The van der Waals surface area contributed by atoms with E-state index in [4.69, 9.17) is 28.4 Å². The van der Waals surface area contributed by atoms with Gasteiger partial charge in [0.1, 0.15) is 66.4 Å². The molecule has 0 spiro atoms. The van der Waals surface area contributed by atoms with Crippen LogP contribution in [-0.4, -0.2) is 112 Å². The van der Waals surface area contributed by atoms with Gasteiger partial charge in [0, 0.05) is 11.6 Å². The summed E-state index contributed by atoms with van der Waals surface area (Å²) in [4.78, 5) is 12.1. The van der Waals surface area contributed by atoms with Crippen LogP contribution in [0.3, 0.4) is 0 Å². The van der Waals surface area contributed by atoms with Crippen molar-refractivity contribution in [2.24, 2.45) is 0 Å². The number of rotatable bonds is 6. The zero-order chi connectivity index (χ0) is 23.9. The highest BCUT2D eigenvalue weighted by Gasteiger charge is 2.47. The average molecular weight is 474 g/mol. The second kappa shape index (κ2) is 9.66. The number of hydrogen-bond acceptors (Lipinski definition) is 13. The quantitative estimate of drug-likeness (QED) is 0.229. The molecule has 1 aromatic rings. The molecule has 6 N–H and O–H groups in total. The molecule has 2 fully saturated rings. The standard InChI is InChI=1S/C20H26O13/c1-28-8-2-7-4-29-18(27)12(7)10(3-8)32-20-17(26)15(24)14(23)11(33-20)6-31-19-16(25)13(22)9(21)5-30-19/h2-3,9,11,13-17,19-26H,4-6H2,1H3/t9-,11-,13+,14-,15+,16-,17-,19+,20-/m1/s1. The average Bonchev–Trinajstić information content (AvgIpc) is 3.18. The third kappa shape index (κ3) is 4.64. The molecule has 3 aliphatic rings. The van der Waals surface area contributed by atoms with E-state index in [1.165, 1.54) is 13.2 Å². The molecule has 13 heteroatoms. The molecule has 0 aromatic heterocycles. The molecule has 0 saturated carbocycles. The summed E-state index contributed by atoms with van der Waals surface area (Å²) in [5, 5.41) is 60.2. The third-order valence-electron chi connectivity index (χ3n) is 5.75. The van der Waals surface area contributed by atoms with E-state index in [0.717, 1.165) is 0 Å². The van der Waals surface area contributed by atoms with Gasteiger partial charge in [-0.05, 0) is 6.07 Å². The lowest BCUT2D eigenvalue weighted by Gasteiger charge is -2.41. The van der Waals surface area contributed by atoms with Crippen molar-refractivity contribution in [1.29, 1.82) is 0 Å². The Kier molecular flexibility index (Phi) is 7.04. The van der Waals surface area contributed by atoms with Crippen LogP contribution in [0.25, 0.3) is 0 Å². The highest BCUT2D eigenvalue weighted by Crippen LogP contribution is 2.36. The monoisotopic (exact) mass is 474 g/mol. The summed E-state index contributed by atoms with van der Waals surface area (Å²) in [5.74, 6) is -0.295. The number of carbonyl (C=O) groups excluding carboxylic acids is 1. The van der Waals surface area contributed by atoms with Gasteiger partial charge in [-0.2, -0.15) is 0 Å². The van der Waals surface area contributed by atoms with Crippen molar-refractivity contribution in [3.8, 4) is 11.5 Å². The molecule has 2 saturated heterocycles. The Morgan fingerprint density at radius 2 is 1.70 bits per heavy atom. The lowest BCUT2D eigenvalue weighted by atomic mass is 9.99. The van der Waals surface area contributed by atoms with Crippen LogP contribution in [0, 0.1) is 0 Å². The van der Waals surface area contributed by atoms with Gasteiger partial charge < -0.3 is 59.1 Å². The predicted octanol–water partition coefficient (Wildman–Crippen LogP) is -2.99. The lowest BCUT2D eigenvalue weighted by Crippen LogP contribution is -2.61.